The molecule has 6 heterocycles. The van der Waals surface area contributed by atoms with Crippen molar-refractivity contribution in [1.82, 2.24) is 0 Å². The molecule has 0 saturated carbocycles. The second-order valence-electron chi connectivity index (χ2n) is 30.7. The zero-order chi connectivity index (χ0) is 85.9. The molecule has 698 valence electrons. The maximum Gasteiger partial charge on any atom is 0.0732 e. The molecular formula is C96H158O20S6. The van der Waals surface area contributed by atoms with Gasteiger partial charge >= 0.3 is 0 Å². The van der Waals surface area contributed by atoms with Crippen molar-refractivity contribution in [3.63, 3.8) is 0 Å². The molecule has 0 amide bonds. The summed E-state index contributed by atoms with van der Waals surface area (Å²) in [5, 5.41) is 4.48. The summed E-state index contributed by atoms with van der Waals surface area (Å²) < 4.78 is 116. The second kappa shape index (κ2) is 77.2. The lowest BCUT2D eigenvalue weighted by Gasteiger charge is -2.08. The van der Waals surface area contributed by atoms with Crippen LogP contribution in [0.25, 0.3) is 48.8 Å². The number of rotatable bonds is 91. The Morgan fingerprint density at radius 1 is 0.205 bits per heavy atom. The smallest absolute Gasteiger partial charge is 0.0732 e. The third-order valence-corrected chi connectivity index (χ3v) is 28.1. The number of unbranched alkanes of at least 4 members (excludes halogenated alkanes) is 26. The Morgan fingerprint density at radius 2 is 0.434 bits per heavy atom. The molecule has 0 unspecified atom stereocenters. The molecule has 0 bridgehead atoms. The predicted molar refractivity (Wildman–Crippen MR) is 505 cm³/mol. The Bertz CT molecular complexity index is 3310. The number of ether oxygens (including phenoxy) is 20. The van der Waals surface area contributed by atoms with Gasteiger partial charge in [-0.25, -0.2) is 0 Å². The maximum atomic E-state index is 6.70. The molecule has 0 atom stereocenters. The van der Waals surface area contributed by atoms with Gasteiger partial charge in [0.2, 0.25) is 0 Å². The first-order chi connectivity index (χ1) is 60.5. The first-order valence-electron chi connectivity index (χ1n) is 46.4. The van der Waals surface area contributed by atoms with Crippen LogP contribution in [-0.4, -0.2) is 240 Å². The zero-order valence-corrected chi connectivity index (χ0v) is 80.8. The van der Waals surface area contributed by atoms with Crippen LogP contribution < -0.4 is 0 Å². The summed E-state index contributed by atoms with van der Waals surface area (Å²) >= 11 is 11.2. The molecule has 0 N–H and O–H groups in total. The molecule has 0 aliphatic rings. The van der Waals surface area contributed by atoms with Gasteiger partial charge in [-0.3, -0.25) is 0 Å². The molecular weight excluding hydrogens is 1670 g/mol. The molecule has 0 aliphatic carbocycles. The normalized spacial score (nSPS) is 11.9. The van der Waals surface area contributed by atoms with E-state index >= 15 is 0 Å². The van der Waals surface area contributed by atoms with Gasteiger partial charge in [-0.15, -0.1) is 68.0 Å². The zero-order valence-electron chi connectivity index (χ0n) is 75.9. The largest absolute Gasteiger partial charge is 0.382 e. The topological polar surface area (TPSA) is 185 Å². The minimum Gasteiger partial charge on any atom is -0.382 e. The third kappa shape index (κ3) is 51.1. The summed E-state index contributed by atoms with van der Waals surface area (Å²) in [5.41, 5.74) is 7.51. The number of thiophene rings is 6. The summed E-state index contributed by atoms with van der Waals surface area (Å²) in [5.74, 6) is 0. The second-order valence-corrected chi connectivity index (χ2v) is 36.7. The lowest BCUT2D eigenvalue weighted by Crippen LogP contribution is -2.12. The van der Waals surface area contributed by atoms with Crippen molar-refractivity contribution < 1.29 is 94.7 Å². The van der Waals surface area contributed by atoms with E-state index in [2.05, 4.69) is 61.0 Å². The van der Waals surface area contributed by atoms with Crippen LogP contribution in [0.1, 0.15) is 227 Å². The molecule has 0 fully saturated rings. The average molecular weight is 1820 g/mol. The van der Waals surface area contributed by atoms with E-state index in [1.165, 1.54) is 238 Å². The Hall–Kier alpha value is -2.60. The molecule has 20 nitrogen and oxygen atoms in total. The van der Waals surface area contributed by atoms with E-state index in [1.807, 2.05) is 56.7 Å². The molecule has 0 spiro atoms. The summed E-state index contributed by atoms with van der Waals surface area (Å²) in [6, 6.07) is 14.4. The summed E-state index contributed by atoms with van der Waals surface area (Å²) in [6.45, 7) is 22.8. The highest BCUT2D eigenvalue weighted by atomic mass is 32.1. The SMILES string of the molecule is CCCCCCCCCCCCCCCCc1cc(-c2sc(-c3sc(-c4sc(-c5sccc5COCCOCCOCCOCCOC)cc4CCCCCCCCCCCCCCCC)cc3COCCOCCOCCOCCOC)cc2COCCOCCOCCOCCOC)sc1-c1cc(COCCOCCOCCOCCOC)cs1. The van der Waals surface area contributed by atoms with Crippen molar-refractivity contribution in [3.8, 4) is 48.8 Å². The van der Waals surface area contributed by atoms with Gasteiger partial charge in [0.1, 0.15) is 0 Å². The van der Waals surface area contributed by atoms with Crippen molar-refractivity contribution in [1.29, 1.82) is 0 Å². The van der Waals surface area contributed by atoms with Crippen LogP contribution in [-0.2, 0) is 134 Å². The van der Waals surface area contributed by atoms with Gasteiger partial charge in [-0.1, -0.05) is 181 Å². The highest BCUT2D eigenvalue weighted by Gasteiger charge is 2.25. The van der Waals surface area contributed by atoms with Crippen molar-refractivity contribution in [2.75, 3.05) is 240 Å². The third-order valence-electron chi connectivity index (χ3n) is 20.6. The van der Waals surface area contributed by atoms with Crippen molar-refractivity contribution in [3.05, 3.63) is 80.5 Å². The van der Waals surface area contributed by atoms with Crippen molar-refractivity contribution in [2.24, 2.45) is 0 Å². The van der Waals surface area contributed by atoms with Crippen LogP contribution in [0.3, 0.4) is 0 Å². The van der Waals surface area contributed by atoms with Crippen molar-refractivity contribution in [2.45, 2.75) is 233 Å². The molecule has 6 aromatic heterocycles. The van der Waals surface area contributed by atoms with E-state index in [0.717, 1.165) is 36.8 Å². The molecule has 122 heavy (non-hydrogen) atoms. The van der Waals surface area contributed by atoms with Gasteiger partial charge in [0.05, 0.1) is 248 Å². The maximum absolute atomic E-state index is 6.70. The Balaban J connectivity index is 1.29. The fourth-order valence-corrected chi connectivity index (χ4v) is 21.1. The van der Waals surface area contributed by atoms with Crippen molar-refractivity contribution >= 4 is 68.0 Å². The minimum atomic E-state index is 0.427. The fourth-order valence-electron chi connectivity index (χ4n) is 13.8. The van der Waals surface area contributed by atoms with E-state index in [1.54, 1.807) is 39.8 Å². The average Bonchev–Trinajstić information content (AvgIpc) is 1.61. The van der Waals surface area contributed by atoms with Crippen LogP contribution in [0, 0.1) is 0 Å². The van der Waals surface area contributed by atoms with E-state index in [4.69, 9.17) is 94.7 Å². The van der Waals surface area contributed by atoms with Gasteiger partial charge in [-0.2, -0.15) is 0 Å². The molecule has 26 heteroatoms. The highest BCUT2D eigenvalue weighted by molar-refractivity contribution is 7.30. The van der Waals surface area contributed by atoms with Crippen LogP contribution >= 0.6 is 68.0 Å². The molecule has 0 radical (unpaired) electrons. The minimum absolute atomic E-state index is 0.427. The molecule has 6 aromatic rings. The fraction of sp³-hybridized carbons (Fsp3) is 0.750. The lowest BCUT2D eigenvalue weighted by atomic mass is 10.0. The quantitative estimate of drug-likeness (QED) is 0.0328. The lowest BCUT2D eigenvalue weighted by molar-refractivity contribution is -0.00946. The molecule has 0 aliphatic heterocycles. The summed E-state index contributed by atoms with van der Waals surface area (Å²) in [7, 11) is 6.70. The number of hydrogen-bond donors (Lipinski definition) is 0. The van der Waals surface area contributed by atoms with Gasteiger partial charge in [0.15, 0.2) is 0 Å². The van der Waals surface area contributed by atoms with E-state index in [-0.39, 0.29) is 0 Å². The van der Waals surface area contributed by atoms with Gasteiger partial charge in [0, 0.05) is 67.5 Å². The number of hydrogen-bond acceptors (Lipinski definition) is 26. The molecule has 0 saturated heterocycles. The van der Waals surface area contributed by atoms with E-state index < -0.39 is 0 Å². The Morgan fingerprint density at radius 3 is 0.730 bits per heavy atom. The monoisotopic (exact) mass is 1820 g/mol. The highest BCUT2D eigenvalue weighted by Crippen LogP contribution is 2.52. The molecule has 0 aromatic carbocycles. The Labute approximate surface area is 759 Å². The summed E-state index contributed by atoms with van der Waals surface area (Å²) in [4.78, 5) is 12.7. The van der Waals surface area contributed by atoms with Crippen LogP contribution in [0.2, 0.25) is 0 Å². The Kier molecular flexibility index (Phi) is 68.4. The predicted octanol–water partition coefficient (Wildman–Crippen LogP) is 23.3. The molecule has 6 rings (SSSR count). The number of aryl methyl sites for hydroxylation is 2. The van der Waals surface area contributed by atoms with E-state index in [9.17, 15) is 0 Å². The van der Waals surface area contributed by atoms with E-state index in [0.29, 0.717) is 238 Å². The van der Waals surface area contributed by atoms with Crippen LogP contribution in [0.5, 0.6) is 0 Å². The van der Waals surface area contributed by atoms with Gasteiger partial charge in [-0.05, 0) is 106 Å². The standard InChI is InChI=1S/C96H158O20S6/c1-7-9-11-13-15-17-19-21-23-25-27-29-31-33-35-82-73-89(120-93(82)87-71-81(80-118-87)76-113-66-62-109-58-54-105-50-46-101-42-38-97-3)95-86(79-116-69-65-112-61-57-108-53-49-104-45-41-100-6)75-91(122-95)96-85(78-115-68-64-111-60-56-107-52-48-103-44-40-99-5)74-90(121-96)94-83(36-34-32-30-28-26-24-22-20-18-16-14-12-10-8-2)72-88(119-94)92-84(37-70-117-92)77-114-67-63-110-59-55-106-51-47-102-43-39-98-4/h37,70-75,80H,7-36,38-69,76-79H2,1-6H3. The first kappa shape index (κ1) is 108. The van der Waals surface area contributed by atoms with Crippen LogP contribution in [0.4, 0.5) is 0 Å². The summed E-state index contributed by atoms with van der Waals surface area (Å²) in [6.07, 6.45) is 39.2. The number of methoxy groups -OCH3 is 4. The van der Waals surface area contributed by atoms with Gasteiger partial charge in [0.25, 0.3) is 0 Å². The first-order valence-corrected chi connectivity index (χ1v) is 51.4. The van der Waals surface area contributed by atoms with Crippen LogP contribution in [0.15, 0.2) is 47.2 Å². The van der Waals surface area contributed by atoms with Gasteiger partial charge < -0.3 is 94.7 Å².